The number of nitrogens with two attached hydrogens (primary N) is 2. The van der Waals surface area contributed by atoms with E-state index in [4.69, 9.17) is 20.9 Å². The van der Waals surface area contributed by atoms with Gasteiger partial charge in [-0.3, -0.25) is 0 Å². The summed E-state index contributed by atoms with van der Waals surface area (Å²) in [6, 6.07) is 9.06. The summed E-state index contributed by atoms with van der Waals surface area (Å²) >= 11 is 0. The lowest BCUT2D eigenvalue weighted by Crippen LogP contribution is -2.34. The van der Waals surface area contributed by atoms with Crippen LogP contribution in [0.15, 0.2) is 54.0 Å². The van der Waals surface area contributed by atoms with Gasteiger partial charge in [-0.2, -0.15) is 13.2 Å². The molecule has 172 valence electrons. The highest BCUT2D eigenvalue weighted by atomic mass is 19.4. The number of rotatable bonds is 6. The second kappa shape index (κ2) is 8.74. The third kappa shape index (κ3) is 5.53. The molecular weight excluding hydrogens is 423 g/mol. The first kappa shape index (κ1) is 23.5. The maximum atomic E-state index is 12.9. The molecule has 0 saturated carbocycles. The van der Waals surface area contributed by atoms with E-state index >= 15 is 0 Å². The number of anilines is 1. The number of esters is 1. The Morgan fingerprint density at radius 1 is 1.19 bits per heavy atom. The van der Waals surface area contributed by atoms with E-state index in [-0.39, 0.29) is 0 Å². The van der Waals surface area contributed by atoms with Crippen molar-refractivity contribution in [3.05, 3.63) is 70.7 Å². The van der Waals surface area contributed by atoms with Crippen molar-refractivity contribution in [2.24, 2.45) is 11.5 Å². The minimum absolute atomic E-state index is 0.310. The van der Waals surface area contributed by atoms with E-state index in [0.29, 0.717) is 47.0 Å². The standard InChI is InChI=1S/C23H26F3N3O3/c1-13-20(28)29-17-12-15(7-8-18(17)31-13)19(27)21(30)32-22(2,3)10-9-14-5-4-6-16(11-14)23(24,25)26/h4-8,11-12,19,29H,9-10,27-28H2,1-3H3. The van der Waals surface area contributed by atoms with E-state index in [9.17, 15) is 18.0 Å². The van der Waals surface area contributed by atoms with Gasteiger partial charge in [0.05, 0.1) is 11.3 Å². The predicted octanol–water partition coefficient (Wildman–Crippen LogP) is 4.61. The zero-order valence-corrected chi connectivity index (χ0v) is 18.0. The Bertz CT molecular complexity index is 1050. The molecule has 1 aliphatic rings. The molecule has 1 unspecified atom stereocenters. The molecular formula is C23H26F3N3O3. The van der Waals surface area contributed by atoms with E-state index in [1.165, 1.54) is 6.07 Å². The van der Waals surface area contributed by atoms with E-state index in [2.05, 4.69) is 5.32 Å². The fraction of sp³-hybridized carbons (Fsp3) is 0.348. The fourth-order valence-corrected chi connectivity index (χ4v) is 3.25. The molecule has 0 amide bonds. The molecule has 0 fully saturated rings. The molecule has 32 heavy (non-hydrogen) atoms. The van der Waals surface area contributed by atoms with Gasteiger partial charge in [0.2, 0.25) is 0 Å². The largest absolute Gasteiger partial charge is 0.458 e. The lowest BCUT2D eigenvalue weighted by atomic mass is 9.97. The molecule has 5 N–H and O–H groups in total. The normalized spacial score (nSPS) is 14.8. The number of hydrogen-bond acceptors (Lipinski definition) is 6. The van der Waals surface area contributed by atoms with E-state index in [1.54, 1.807) is 45.0 Å². The van der Waals surface area contributed by atoms with Crippen LogP contribution in [-0.2, 0) is 22.1 Å². The summed E-state index contributed by atoms with van der Waals surface area (Å²) in [5.74, 6) is 0.816. The first-order valence-corrected chi connectivity index (χ1v) is 10.1. The maximum Gasteiger partial charge on any atom is 0.416 e. The van der Waals surface area contributed by atoms with Crippen molar-refractivity contribution in [1.29, 1.82) is 0 Å². The van der Waals surface area contributed by atoms with Crippen LogP contribution in [0.2, 0.25) is 0 Å². The van der Waals surface area contributed by atoms with Crippen molar-refractivity contribution >= 4 is 11.7 Å². The molecule has 0 radical (unpaired) electrons. The number of carbonyl (C=O) groups is 1. The SMILES string of the molecule is CC1=C(N)Nc2cc(C(N)C(=O)OC(C)(C)CCc3cccc(C(F)(F)F)c3)ccc2O1. The zero-order valence-electron chi connectivity index (χ0n) is 18.0. The van der Waals surface area contributed by atoms with Crippen LogP contribution in [0.1, 0.15) is 49.9 Å². The van der Waals surface area contributed by atoms with Gasteiger partial charge < -0.3 is 26.3 Å². The summed E-state index contributed by atoms with van der Waals surface area (Å²) in [6.07, 6.45) is -3.77. The molecule has 3 rings (SSSR count). The van der Waals surface area contributed by atoms with Crippen LogP contribution in [-0.4, -0.2) is 11.6 Å². The third-order valence-electron chi connectivity index (χ3n) is 5.18. The van der Waals surface area contributed by atoms with Crippen molar-refractivity contribution in [2.75, 3.05) is 5.32 Å². The van der Waals surface area contributed by atoms with Crippen LogP contribution in [0.25, 0.3) is 0 Å². The Morgan fingerprint density at radius 3 is 2.59 bits per heavy atom. The smallest absolute Gasteiger partial charge is 0.416 e. The second-order valence-corrected chi connectivity index (χ2v) is 8.31. The summed E-state index contributed by atoms with van der Waals surface area (Å²) in [5, 5.41) is 2.99. The summed E-state index contributed by atoms with van der Waals surface area (Å²) in [6.45, 7) is 5.12. The Balaban J connectivity index is 1.63. The molecule has 0 aliphatic carbocycles. The molecule has 2 aromatic rings. The van der Waals surface area contributed by atoms with Crippen molar-refractivity contribution in [1.82, 2.24) is 0 Å². The monoisotopic (exact) mass is 449 g/mol. The summed E-state index contributed by atoms with van der Waals surface area (Å²) in [7, 11) is 0. The first-order chi connectivity index (χ1) is 14.9. The molecule has 1 heterocycles. The van der Waals surface area contributed by atoms with E-state index < -0.39 is 29.4 Å². The molecule has 1 aliphatic heterocycles. The number of alkyl halides is 3. The molecule has 0 bridgehead atoms. The van der Waals surface area contributed by atoms with Crippen LogP contribution in [0, 0.1) is 0 Å². The van der Waals surface area contributed by atoms with E-state index in [0.717, 1.165) is 12.1 Å². The molecule has 0 aromatic heterocycles. The highest BCUT2D eigenvalue weighted by Crippen LogP contribution is 2.34. The zero-order chi connectivity index (χ0) is 23.7. The van der Waals surface area contributed by atoms with Gasteiger partial charge in [0.1, 0.15) is 23.2 Å². The number of carbonyl (C=O) groups excluding carboxylic acids is 1. The number of ether oxygens (including phenoxy) is 2. The van der Waals surface area contributed by atoms with Gasteiger partial charge in [-0.1, -0.05) is 24.3 Å². The highest BCUT2D eigenvalue weighted by Gasteiger charge is 2.31. The Kier molecular flexibility index (Phi) is 6.41. The molecule has 2 aromatic carbocycles. The van der Waals surface area contributed by atoms with Crippen LogP contribution < -0.4 is 21.5 Å². The second-order valence-electron chi connectivity index (χ2n) is 8.31. The average Bonchev–Trinajstić information content (AvgIpc) is 2.71. The first-order valence-electron chi connectivity index (χ1n) is 10.1. The Morgan fingerprint density at radius 2 is 1.91 bits per heavy atom. The lowest BCUT2D eigenvalue weighted by Gasteiger charge is -2.27. The van der Waals surface area contributed by atoms with Crippen molar-refractivity contribution in [2.45, 2.75) is 51.4 Å². The van der Waals surface area contributed by atoms with Crippen molar-refractivity contribution in [3.8, 4) is 5.75 Å². The minimum Gasteiger partial charge on any atom is -0.458 e. The molecule has 0 spiro atoms. The van der Waals surface area contributed by atoms with Crippen LogP contribution >= 0.6 is 0 Å². The number of allylic oxidation sites excluding steroid dienone is 1. The van der Waals surface area contributed by atoms with Gasteiger partial charge in [0, 0.05) is 0 Å². The molecule has 0 saturated heterocycles. The van der Waals surface area contributed by atoms with Crippen molar-refractivity contribution in [3.63, 3.8) is 0 Å². The molecule has 6 nitrogen and oxygen atoms in total. The number of benzene rings is 2. The highest BCUT2D eigenvalue weighted by molar-refractivity contribution is 5.79. The quantitative estimate of drug-likeness (QED) is 0.557. The topological polar surface area (TPSA) is 99.6 Å². The predicted molar refractivity (Wildman–Crippen MR) is 114 cm³/mol. The fourth-order valence-electron chi connectivity index (χ4n) is 3.25. The lowest BCUT2D eigenvalue weighted by molar-refractivity contribution is -0.158. The summed E-state index contributed by atoms with van der Waals surface area (Å²) in [4.78, 5) is 12.7. The minimum atomic E-state index is -4.40. The van der Waals surface area contributed by atoms with Crippen molar-refractivity contribution < 1.29 is 27.4 Å². The van der Waals surface area contributed by atoms with Crippen LogP contribution in [0.5, 0.6) is 5.75 Å². The summed E-state index contributed by atoms with van der Waals surface area (Å²) in [5.41, 5.74) is 11.9. The number of halogens is 3. The van der Waals surface area contributed by atoms with Gasteiger partial charge in [-0.05, 0) is 62.9 Å². The van der Waals surface area contributed by atoms with Crippen LogP contribution in [0.4, 0.5) is 18.9 Å². The number of fused-ring (bicyclic) bond motifs is 1. The molecule has 1 atom stereocenters. The molecule has 9 heteroatoms. The van der Waals surface area contributed by atoms with Gasteiger partial charge in [0.15, 0.2) is 5.75 Å². The number of nitrogens with one attached hydrogen (secondary N) is 1. The third-order valence-corrected chi connectivity index (χ3v) is 5.18. The van der Waals surface area contributed by atoms with Crippen LogP contribution in [0.3, 0.4) is 0 Å². The van der Waals surface area contributed by atoms with E-state index in [1.807, 2.05) is 0 Å². The Labute approximate surface area is 184 Å². The number of hydrogen-bond donors (Lipinski definition) is 3. The van der Waals surface area contributed by atoms with Gasteiger partial charge in [0.25, 0.3) is 0 Å². The maximum absolute atomic E-state index is 12.9. The van der Waals surface area contributed by atoms with Gasteiger partial charge in [-0.15, -0.1) is 0 Å². The Hall–Kier alpha value is -3.20. The van der Waals surface area contributed by atoms with Gasteiger partial charge >= 0.3 is 12.1 Å². The number of aryl methyl sites for hydroxylation is 1. The summed E-state index contributed by atoms with van der Waals surface area (Å²) < 4.78 is 49.9. The average molecular weight is 449 g/mol. The van der Waals surface area contributed by atoms with Gasteiger partial charge in [-0.25, -0.2) is 4.79 Å².